The van der Waals surface area contributed by atoms with Crippen LogP contribution in [0.25, 0.3) is 0 Å². The van der Waals surface area contributed by atoms with E-state index in [-0.39, 0.29) is 42.6 Å². The van der Waals surface area contributed by atoms with Crippen LogP contribution < -0.4 is 11.5 Å². The summed E-state index contributed by atoms with van der Waals surface area (Å²) in [5, 5.41) is 0. The van der Waals surface area contributed by atoms with Crippen molar-refractivity contribution in [2.24, 2.45) is 16.5 Å². The van der Waals surface area contributed by atoms with Gasteiger partial charge in [0.1, 0.15) is 30.5 Å². The maximum atomic E-state index is 13.9. The van der Waals surface area contributed by atoms with Gasteiger partial charge in [0, 0.05) is 11.1 Å². The van der Waals surface area contributed by atoms with Gasteiger partial charge in [-0.15, -0.1) is 12.4 Å². The Morgan fingerprint density at radius 3 is 2.75 bits per heavy atom. The first-order valence-corrected chi connectivity index (χ1v) is 5.56. The molecule has 4 N–H and O–H groups in total. The van der Waals surface area contributed by atoms with Crippen LogP contribution >= 0.6 is 12.4 Å². The van der Waals surface area contributed by atoms with Crippen molar-refractivity contribution >= 4 is 24.1 Å². The number of carbonyl (C=O) groups excluding carboxylic acids is 1. The molecular formula is C12H14ClF2N3O2. The molecule has 8 heteroatoms. The first kappa shape index (κ1) is 16.3. The summed E-state index contributed by atoms with van der Waals surface area (Å²) < 4.78 is 32.4. The van der Waals surface area contributed by atoms with Crippen molar-refractivity contribution in [1.82, 2.24) is 0 Å². The van der Waals surface area contributed by atoms with E-state index in [9.17, 15) is 13.6 Å². The highest BCUT2D eigenvalue weighted by Crippen LogP contribution is 2.32. The van der Waals surface area contributed by atoms with E-state index in [1.165, 1.54) is 12.1 Å². The molecule has 1 amide bonds. The van der Waals surface area contributed by atoms with E-state index in [4.69, 9.17) is 16.2 Å². The van der Waals surface area contributed by atoms with Gasteiger partial charge >= 0.3 is 0 Å². The normalized spacial score (nSPS) is 21.8. The van der Waals surface area contributed by atoms with Crippen LogP contribution in [0, 0.1) is 5.82 Å². The van der Waals surface area contributed by atoms with E-state index >= 15 is 0 Å². The van der Waals surface area contributed by atoms with Crippen LogP contribution in [-0.4, -0.2) is 31.6 Å². The van der Waals surface area contributed by atoms with Crippen LogP contribution in [0.1, 0.15) is 15.9 Å². The highest BCUT2D eigenvalue weighted by atomic mass is 35.5. The third kappa shape index (κ3) is 2.88. The average molecular weight is 306 g/mol. The number of aliphatic imine (C=N–C) groups is 1. The number of nitrogens with two attached hydrogens (primary N) is 2. The summed E-state index contributed by atoms with van der Waals surface area (Å²) in [6.45, 7) is -1.07. The quantitative estimate of drug-likeness (QED) is 0.869. The molecule has 1 aromatic carbocycles. The van der Waals surface area contributed by atoms with Crippen LogP contribution in [0.15, 0.2) is 23.2 Å². The summed E-state index contributed by atoms with van der Waals surface area (Å²) >= 11 is 0. The Labute approximate surface area is 120 Å². The maximum Gasteiger partial charge on any atom is 0.248 e. The largest absolute Gasteiger partial charge is 0.385 e. The summed E-state index contributed by atoms with van der Waals surface area (Å²) in [6.07, 6.45) is 0. The molecule has 0 spiro atoms. The first-order chi connectivity index (χ1) is 8.98. The molecule has 0 saturated heterocycles. The van der Waals surface area contributed by atoms with Crippen molar-refractivity contribution in [2.45, 2.75) is 5.54 Å². The fourth-order valence-corrected chi connectivity index (χ4v) is 1.98. The third-order valence-electron chi connectivity index (χ3n) is 2.92. The highest BCUT2D eigenvalue weighted by Gasteiger charge is 2.38. The van der Waals surface area contributed by atoms with Gasteiger partial charge in [0.15, 0.2) is 0 Å². The Morgan fingerprint density at radius 2 is 2.20 bits per heavy atom. The molecular weight excluding hydrogens is 292 g/mol. The van der Waals surface area contributed by atoms with E-state index in [0.717, 1.165) is 6.07 Å². The van der Waals surface area contributed by atoms with Gasteiger partial charge in [-0.2, -0.15) is 0 Å². The van der Waals surface area contributed by atoms with E-state index in [0.29, 0.717) is 0 Å². The van der Waals surface area contributed by atoms with E-state index in [1.807, 2.05) is 0 Å². The first-order valence-electron chi connectivity index (χ1n) is 5.56. The molecule has 1 aliphatic rings. The lowest BCUT2D eigenvalue weighted by molar-refractivity contribution is 0.0807. The zero-order valence-electron chi connectivity index (χ0n) is 10.4. The molecule has 20 heavy (non-hydrogen) atoms. The number of halogens is 3. The summed E-state index contributed by atoms with van der Waals surface area (Å²) in [5.74, 6) is -1.35. The zero-order chi connectivity index (χ0) is 14.0. The van der Waals surface area contributed by atoms with Crippen molar-refractivity contribution in [3.05, 3.63) is 35.1 Å². The SMILES string of the molecule is Cl.NC(=O)c1ccc(F)c([C@]2(CF)COCC(N)=N2)c1. The predicted molar refractivity (Wildman–Crippen MR) is 72.3 cm³/mol. The molecule has 1 aromatic rings. The monoisotopic (exact) mass is 305 g/mol. The van der Waals surface area contributed by atoms with Gasteiger partial charge in [-0.05, 0) is 18.2 Å². The molecule has 1 heterocycles. The van der Waals surface area contributed by atoms with Crippen LogP contribution in [0.5, 0.6) is 0 Å². The Hall–Kier alpha value is -1.73. The van der Waals surface area contributed by atoms with Crippen molar-refractivity contribution in [3.63, 3.8) is 0 Å². The molecule has 0 aliphatic carbocycles. The van der Waals surface area contributed by atoms with E-state index in [2.05, 4.69) is 4.99 Å². The molecule has 0 bridgehead atoms. The standard InChI is InChI=1S/C12H13F2N3O2.ClH/c13-5-12(6-19-4-10(15)17-12)8-3-7(11(16)18)1-2-9(8)14;/h1-3H,4-6H2,(H2,15,17)(H2,16,18);1H/t12-;/m0./s1. The lowest BCUT2D eigenvalue weighted by Crippen LogP contribution is -2.42. The second-order valence-electron chi connectivity index (χ2n) is 4.32. The van der Waals surface area contributed by atoms with Gasteiger partial charge < -0.3 is 16.2 Å². The van der Waals surface area contributed by atoms with E-state index < -0.39 is 23.9 Å². The molecule has 1 aliphatic heterocycles. The number of amidine groups is 1. The molecule has 0 saturated carbocycles. The van der Waals surface area contributed by atoms with E-state index in [1.54, 1.807) is 0 Å². The van der Waals surface area contributed by atoms with Crippen molar-refractivity contribution in [3.8, 4) is 0 Å². The number of carbonyl (C=O) groups is 1. The fourth-order valence-electron chi connectivity index (χ4n) is 1.98. The molecule has 110 valence electrons. The third-order valence-corrected chi connectivity index (χ3v) is 2.92. The number of hydrogen-bond donors (Lipinski definition) is 2. The lowest BCUT2D eigenvalue weighted by Gasteiger charge is -2.31. The lowest BCUT2D eigenvalue weighted by atomic mass is 9.90. The Kier molecular flexibility index (Phi) is 5.02. The molecule has 2 rings (SSSR count). The van der Waals surface area contributed by atoms with Crippen LogP contribution in [0.2, 0.25) is 0 Å². The number of benzene rings is 1. The summed E-state index contributed by atoms with van der Waals surface area (Å²) in [6, 6.07) is 3.46. The number of rotatable bonds is 3. The number of hydrogen-bond acceptors (Lipinski definition) is 4. The predicted octanol–water partition coefficient (Wildman–Crippen LogP) is 0.899. The van der Waals surface area contributed by atoms with Gasteiger partial charge in [0.05, 0.1) is 6.61 Å². The Balaban J connectivity index is 0.00000200. The molecule has 0 radical (unpaired) electrons. The Morgan fingerprint density at radius 1 is 1.50 bits per heavy atom. The number of nitrogens with zero attached hydrogens (tertiary/aromatic N) is 1. The molecule has 0 fully saturated rings. The van der Waals surface area contributed by atoms with Crippen LogP contribution in [0.4, 0.5) is 8.78 Å². The van der Waals surface area contributed by atoms with Gasteiger partial charge in [0.25, 0.3) is 0 Å². The maximum absolute atomic E-state index is 13.9. The molecule has 5 nitrogen and oxygen atoms in total. The van der Waals surface area contributed by atoms with Crippen molar-refractivity contribution in [1.29, 1.82) is 0 Å². The Bertz CT molecular complexity index is 554. The summed E-state index contributed by atoms with van der Waals surface area (Å²) in [5.41, 5.74) is 9.07. The number of ether oxygens (including phenoxy) is 1. The fraction of sp³-hybridized carbons (Fsp3) is 0.333. The summed E-state index contributed by atoms with van der Waals surface area (Å²) in [4.78, 5) is 15.1. The topological polar surface area (TPSA) is 90.7 Å². The minimum absolute atomic E-state index is 0. The van der Waals surface area contributed by atoms with Crippen LogP contribution in [-0.2, 0) is 10.3 Å². The second kappa shape index (κ2) is 6.15. The van der Waals surface area contributed by atoms with Gasteiger partial charge in [0.2, 0.25) is 5.91 Å². The van der Waals surface area contributed by atoms with Crippen molar-refractivity contribution < 1.29 is 18.3 Å². The van der Waals surface area contributed by atoms with Gasteiger partial charge in [-0.1, -0.05) is 0 Å². The average Bonchev–Trinajstić information content (AvgIpc) is 2.38. The second-order valence-corrected chi connectivity index (χ2v) is 4.32. The molecule has 0 unspecified atom stereocenters. The summed E-state index contributed by atoms with van der Waals surface area (Å²) in [7, 11) is 0. The molecule has 1 atom stereocenters. The van der Waals surface area contributed by atoms with Gasteiger partial charge in [-0.3, -0.25) is 9.79 Å². The smallest absolute Gasteiger partial charge is 0.248 e. The number of amides is 1. The van der Waals surface area contributed by atoms with Gasteiger partial charge in [-0.25, -0.2) is 8.78 Å². The minimum Gasteiger partial charge on any atom is -0.385 e. The highest BCUT2D eigenvalue weighted by molar-refractivity contribution is 5.93. The van der Waals surface area contributed by atoms with Crippen LogP contribution in [0.3, 0.4) is 0 Å². The zero-order valence-corrected chi connectivity index (χ0v) is 11.3. The molecule has 0 aromatic heterocycles. The number of alkyl halides is 1. The number of primary amides is 1. The minimum atomic E-state index is -1.56. The van der Waals surface area contributed by atoms with Crippen molar-refractivity contribution in [2.75, 3.05) is 19.9 Å².